The summed E-state index contributed by atoms with van der Waals surface area (Å²) in [5, 5.41) is 8.08. The monoisotopic (exact) mass is 244 g/mol. The molecule has 0 unspecified atom stereocenters. The maximum Gasteiger partial charge on any atom is 0.274 e. The second-order valence-electron chi connectivity index (χ2n) is 4.13. The normalized spacial score (nSPS) is 14.4. The third-order valence-electron chi connectivity index (χ3n) is 3.01. The first-order chi connectivity index (χ1) is 8.75. The van der Waals surface area contributed by atoms with Gasteiger partial charge in [0.25, 0.3) is 5.91 Å². The van der Waals surface area contributed by atoms with Crippen molar-refractivity contribution in [2.75, 3.05) is 6.54 Å². The fourth-order valence-electron chi connectivity index (χ4n) is 2.05. The van der Waals surface area contributed by atoms with Gasteiger partial charge in [-0.1, -0.05) is 0 Å². The zero-order valence-corrected chi connectivity index (χ0v) is 9.94. The van der Waals surface area contributed by atoms with Crippen LogP contribution in [0.15, 0.2) is 18.6 Å². The van der Waals surface area contributed by atoms with E-state index in [1.807, 2.05) is 11.5 Å². The van der Waals surface area contributed by atoms with Crippen molar-refractivity contribution in [3.8, 4) is 0 Å². The number of carbonyl (C=O) groups is 1. The highest BCUT2D eigenvalue weighted by Gasteiger charge is 2.24. The van der Waals surface area contributed by atoms with Gasteiger partial charge in [-0.2, -0.15) is 0 Å². The summed E-state index contributed by atoms with van der Waals surface area (Å²) in [4.78, 5) is 21.8. The molecule has 0 atom stereocenters. The van der Waals surface area contributed by atoms with Gasteiger partial charge in [0.05, 0.1) is 12.7 Å². The van der Waals surface area contributed by atoms with E-state index in [1.165, 1.54) is 12.4 Å². The van der Waals surface area contributed by atoms with Crippen LogP contribution in [0.3, 0.4) is 0 Å². The largest absolute Gasteiger partial charge is 0.328 e. The minimum absolute atomic E-state index is 0.116. The Morgan fingerprint density at radius 3 is 2.94 bits per heavy atom. The number of nitrogens with zero attached hydrogens (tertiary/aromatic N) is 6. The molecule has 3 rings (SSSR count). The smallest absolute Gasteiger partial charge is 0.274 e. The summed E-state index contributed by atoms with van der Waals surface area (Å²) in [7, 11) is 0. The van der Waals surface area contributed by atoms with Gasteiger partial charge in [0.1, 0.15) is 11.5 Å². The predicted octanol–water partition coefficient (Wildman–Crippen LogP) is 0.0325. The molecular weight excluding hydrogens is 232 g/mol. The summed E-state index contributed by atoms with van der Waals surface area (Å²) in [5.41, 5.74) is 0.363. The summed E-state index contributed by atoms with van der Waals surface area (Å²) in [6.07, 6.45) is 4.55. The predicted molar refractivity (Wildman–Crippen MR) is 61.5 cm³/mol. The van der Waals surface area contributed by atoms with Crippen molar-refractivity contribution in [2.45, 2.75) is 20.0 Å². The highest BCUT2D eigenvalue weighted by molar-refractivity contribution is 5.91. The maximum absolute atomic E-state index is 12.2. The lowest BCUT2D eigenvalue weighted by Gasteiger charge is -2.27. The SMILES string of the molecule is Cc1nnc2n1CCN(C(=O)c1cnccn1)C2. The molecular formula is C11H12N6O. The Labute approximate surface area is 103 Å². The molecule has 0 fully saturated rings. The lowest BCUT2D eigenvalue weighted by Crippen LogP contribution is -2.39. The van der Waals surface area contributed by atoms with Gasteiger partial charge in [0.2, 0.25) is 0 Å². The molecule has 0 bridgehead atoms. The highest BCUT2D eigenvalue weighted by Crippen LogP contribution is 2.13. The van der Waals surface area contributed by atoms with Gasteiger partial charge in [-0.3, -0.25) is 9.78 Å². The highest BCUT2D eigenvalue weighted by atomic mass is 16.2. The van der Waals surface area contributed by atoms with Crippen molar-refractivity contribution < 1.29 is 4.79 Å². The maximum atomic E-state index is 12.2. The first kappa shape index (κ1) is 10.8. The van der Waals surface area contributed by atoms with Gasteiger partial charge in [-0.15, -0.1) is 10.2 Å². The summed E-state index contributed by atoms with van der Waals surface area (Å²) < 4.78 is 2.03. The van der Waals surface area contributed by atoms with Crippen LogP contribution in [-0.2, 0) is 13.1 Å². The fraction of sp³-hybridized carbons (Fsp3) is 0.364. The third-order valence-corrected chi connectivity index (χ3v) is 3.01. The topological polar surface area (TPSA) is 76.8 Å². The van der Waals surface area contributed by atoms with Crippen molar-refractivity contribution >= 4 is 5.91 Å². The molecule has 1 amide bonds. The Kier molecular flexibility index (Phi) is 2.51. The van der Waals surface area contributed by atoms with Crippen molar-refractivity contribution in [1.82, 2.24) is 29.6 Å². The van der Waals surface area contributed by atoms with Crippen LogP contribution < -0.4 is 0 Å². The average Bonchev–Trinajstić information content (AvgIpc) is 2.80. The number of rotatable bonds is 1. The Balaban J connectivity index is 1.82. The number of aryl methyl sites for hydroxylation is 1. The zero-order valence-electron chi connectivity index (χ0n) is 9.94. The molecule has 3 heterocycles. The van der Waals surface area contributed by atoms with Crippen LogP contribution in [0.2, 0.25) is 0 Å². The minimum atomic E-state index is -0.116. The first-order valence-electron chi connectivity index (χ1n) is 5.69. The van der Waals surface area contributed by atoms with Crippen molar-refractivity contribution in [1.29, 1.82) is 0 Å². The number of hydrogen-bond donors (Lipinski definition) is 0. The Morgan fingerprint density at radius 2 is 2.17 bits per heavy atom. The van der Waals surface area contributed by atoms with E-state index in [0.717, 1.165) is 18.2 Å². The molecule has 0 radical (unpaired) electrons. The van der Waals surface area contributed by atoms with E-state index >= 15 is 0 Å². The van der Waals surface area contributed by atoms with Crippen LogP contribution in [0.4, 0.5) is 0 Å². The summed E-state index contributed by atoms with van der Waals surface area (Å²) >= 11 is 0. The summed E-state index contributed by atoms with van der Waals surface area (Å²) in [6, 6.07) is 0. The molecule has 92 valence electrons. The molecule has 0 saturated carbocycles. The van der Waals surface area contributed by atoms with E-state index in [-0.39, 0.29) is 5.91 Å². The Bertz CT molecular complexity index is 578. The van der Waals surface area contributed by atoms with Crippen LogP contribution in [0.5, 0.6) is 0 Å². The van der Waals surface area contributed by atoms with E-state index in [1.54, 1.807) is 11.1 Å². The van der Waals surface area contributed by atoms with E-state index in [4.69, 9.17) is 0 Å². The number of aromatic nitrogens is 5. The molecule has 1 aliphatic heterocycles. The van der Waals surface area contributed by atoms with Crippen molar-refractivity contribution in [2.24, 2.45) is 0 Å². The molecule has 1 aliphatic rings. The van der Waals surface area contributed by atoms with Crippen LogP contribution in [-0.4, -0.2) is 42.1 Å². The number of carbonyl (C=O) groups excluding carboxylic acids is 1. The third kappa shape index (κ3) is 1.73. The number of fused-ring (bicyclic) bond motifs is 1. The van der Waals surface area contributed by atoms with Gasteiger partial charge < -0.3 is 9.47 Å². The minimum Gasteiger partial charge on any atom is -0.328 e. The lowest BCUT2D eigenvalue weighted by atomic mass is 10.3. The molecule has 7 nitrogen and oxygen atoms in total. The molecule has 7 heteroatoms. The van der Waals surface area contributed by atoms with E-state index in [9.17, 15) is 4.79 Å². The summed E-state index contributed by atoms with van der Waals surface area (Å²) in [5.74, 6) is 1.59. The molecule has 0 saturated heterocycles. The zero-order chi connectivity index (χ0) is 12.5. The van der Waals surface area contributed by atoms with Crippen molar-refractivity contribution in [3.63, 3.8) is 0 Å². The number of amides is 1. The van der Waals surface area contributed by atoms with Gasteiger partial charge in [-0.25, -0.2) is 4.98 Å². The molecule has 0 N–H and O–H groups in total. The Hall–Kier alpha value is -2.31. The van der Waals surface area contributed by atoms with Crippen LogP contribution in [0, 0.1) is 6.92 Å². The fourth-order valence-corrected chi connectivity index (χ4v) is 2.05. The molecule has 0 spiro atoms. The van der Waals surface area contributed by atoms with Gasteiger partial charge >= 0.3 is 0 Å². The van der Waals surface area contributed by atoms with Gasteiger partial charge in [0.15, 0.2) is 5.82 Å². The molecule has 0 aromatic carbocycles. The van der Waals surface area contributed by atoms with E-state index in [0.29, 0.717) is 18.8 Å². The second-order valence-corrected chi connectivity index (χ2v) is 4.13. The number of hydrogen-bond acceptors (Lipinski definition) is 5. The molecule has 18 heavy (non-hydrogen) atoms. The average molecular weight is 244 g/mol. The van der Waals surface area contributed by atoms with Gasteiger partial charge in [0, 0.05) is 25.5 Å². The lowest BCUT2D eigenvalue weighted by molar-refractivity contribution is 0.0700. The molecule has 2 aromatic rings. The van der Waals surface area contributed by atoms with Crippen molar-refractivity contribution in [3.05, 3.63) is 35.9 Å². The van der Waals surface area contributed by atoms with E-state index in [2.05, 4.69) is 20.2 Å². The quantitative estimate of drug-likeness (QED) is 0.707. The molecule has 2 aromatic heterocycles. The summed E-state index contributed by atoms with van der Waals surface area (Å²) in [6.45, 7) is 3.74. The Morgan fingerprint density at radius 1 is 1.28 bits per heavy atom. The molecule has 0 aliphatic carbocycles. The standard InChI is InChI=1S/C11H12N6O/c1-8-14-15-10-7-16(4-5-17(8)10)11(18)9-6-12-2-3-13-9/h2-3,6H,4-5,7H2,1H3. The van der Waals surface area contributed by atoms with Gasteiger partial charge in [-0.05, 0) is 6.92 Å². The second kappa shape index (κ2) is 4.17. The van der Waals surface area contributed by atoms with E-state index < -0.39 is 0 Å². The van der Waals surface area contributed by atoms with Crippen LogP contribution in [0.1, 0.15) is 22.1 Å². The van der Waals surface area contributed by atoms with Crippen LogP contribution >= 0.6 is 0 Å². The first-order valence-corrected chi connectivity index (χ1v) is 5.69. The van der Waals surface area contributed by atoms with Crippen LogP contribution in [0.25, 0.3) is 0 Å².